The molecule has 0 amide bonds. The predicted molar refractivity (Wildman–Crippen MR) is 100 cm³/mol. The Hall–Kier alpha value is -0.700. The van der Waals surface area contributed by atoms with Gasteiger partial charge in [-0.25, -0.2) is 0 Å². The van der Waals surface area contributed by atoms with E-state index in [1.165, 1.54) is 0 Å². The highest BCUT2D eigenvalue weighted by Crippen LogP contribution is 2.26. The van der Waals surface area contributed by atoms with Gasteiger partial charge >= 0.3 is 5.97 Å². The molecule has 0 radical (unpaired) electrons. The number of carboxylic acid groups (broad SMARTS) is 1. The second-order valence-electron chi connectivity index (χ2n) is 7.10. The molecule has 7 nitrogen and oxygen atoms in total. The first-order valence-electron chi connectivity index (χ1n) is 9.74. The molecular formula is C18H36O7S. The molecule has 0 aromatic rings. The van der Waals surface area contributed by atoms with Crippen molar-refractivity contribution in [1.29, 1.82) is 0 Å². The van der Waals surface area contributed by atoms with Crippen molar-refractivity contribution >= 4 is 16.1 Å². The summed E-state index contributed by atoms with van der Waals surface area (Å²) in [5.41, 5.74) is 0. The zero-order valence-electron chi connectivity index (χ0n) is 15.9. The smallest absolute Gasteiger partial charge is 0.303 e. The van der Waals surface area contributed by atoms with Crippen LogP contribution in [0.3, 0.4) is 0 Å². The summed E-state index contributed by atoms with van der Waals surface area (Å²) in [4.78, 5) is 10.4. The van der Waals surface area contributed by atoms with E-state index in [4.69, 9.17) is 5.11 Å². The largest absolute Gasteiger partial charge is 0.481 e. The summed E-state index contributed by atoms with van der Waals surface area (Å²) in [6.07, 6.45) is 8.70. The number of unbranched alkanes of at least 4 members (excludes halogenated alkanes) is 9. The topological polar surface area (TPSA) is 132 Å². The minimum atomic E-state index is -4.56. The van der Waals surface area contributed by atoms with Gasteiger partial charge in [0.15, 0.2) is 5.79 Å². The molecule has 0 saturated heterocycles. The first kappa shape index (κ1) is 25.3. The molecule has 0 bridgehead atoms. The molecule has 0 aliphatic carbocycles. The van der Waals surface area contributed by atoms with Gasteiger partial charge in [-0.1, -0.05) is 64.7 Å². The summed E-state index contributed by atoms with van der Waals surface area (Å²) in [5.74, 6) is -3.27. The fraction of sp³-hybridized carbons (Fsp3) is 0.944. The number of rotatable bonds is 17. The van der Waals surface area contributed by atoms with Crippen LogP contribution in [0.15, 0.2) is 0 Å². The molecule has 0 rings (SSSR count). The van der Waals surface area contributed by atoms with Crippen LogP contribution in [0.25, 0.3) is 0 Å². The van der Waals surface area contributed by atoms with Gasteiger partial charge in [0.2, 0.25) is 0 Å². The van der Waals surface area contributed by atoms with Gasteiger partial charge in [0.1, 0.15) is 5.25 Å². The van der Waals surface area contributed by atoms with E-state index in [9.17, 15) is 28.0 Å². The molecule has 0 fully saturated rings. The van der Waals surface area contributed by atoms with E-state index in [0.717, 1.165) is 44.9 Å². The molecule has 0 spiro atoms. The SMILES string of the molecule is CCCCCCCCC(O)(O)C(CCCCCCCC(=O)O)S(=O)(=O)O. The van der Waals surface area contributed by atoms with E-state index in [2.05, 4.69) is 6.92 Å². The lowest BCUT2D eigenvalue weighted by atomic mass is 9.98. The molecule has 0 aliphatic heterocycles. The van der Waals surface area contributed by atoms with Crippen LogP contribution in [0.4, 0.5) is 0 Å². The monoisotopic (exact) mass is 396 g/mol. The standard InChI is InChI=1S/C18H36O7S/c1-2-3-4-5-9-12-15-18(21,22)16(26(23,24)25)13-10-7-6-8-11-14-17(19)20/h16,21-22H,2-15H2,1H3,(H,19,20)(H,23,24,25). The first-order chi connectivity index (χ1) is 12.1. The quantitative estimate of drug-likeness (QED) is 0.168. The molecule has 0 saturated carbocycles. The lowest BCUT2D eigenvalue weighted by molar-refractivity contribution is -0.169. The second kappa shape index (κ2) is 13.5. The molecule has 1 atom stereocenters. The highest BCUT2D eigenvalue weighted by atomic mass is 32.2. The average Bonchev–Trinajstić information content (AvgIpc) is 2.51. The molecule has 0 heterocycles. The molecule has 0 aromatic carbocycles. The maximum Gasteiger partial charge on any atom is 0.303 e. The molecule has 0 aromatic heterocycles. The molecule has 0 aliphatic rings. The Morgan fingerprint density at radius 3 is 1.92 bits per heavy atom. The summed E-state index contributed by atoms with van der Waals surface area (Å²) in [7, 11) is -4.56. The number of hydrogen-bond acceptors (Lipinski definition) is 5. The number of carboxylic acids is 1. The van der Waals surface area contributed by atoms with E-state index in [1.807, 2.05) is 0 Å². The highest BCUT2D eigenvalue weighted by Gasteiger charge is 2.42. The van der Waals surface area contributed by atoms with Gasteiger partial charge in [-0.05, 0) is 19.3 Å². The third-order valence-electron chi connectivity index (χ3n) is 4.63. The zero-order chi connectivity index (χ0) is 20.1. The number of aliphatic hydroxyl groups is 2. The minimum Gasteiger partial charge on any atom is -0.481 e. The van der Waals surface area contributed by atoms with Gasteiger partial charge < -0.3 is 15.3 Å². The third-order valence-corrected chi connectivity index (χ3v) is 5.96. The van der Waals surface area contributed by atoms with E-state index < -0.39 is 27.1 Å². The van der Waals surface area contributed by atoms with Crippen molar-refractivity contribution < 1.29 is 33.1 Å². The maximum absolute atomic E-state index is 11.6. The Morgan fingerprint density at radius 2 is 1.38 bits per heavy atom. The third kappa shape index (κ3) is 12.6. The maximum atomic E-state index is 11.6. The van der Waals surface area contributed by atoms with Gasteiger partial charge in [0.05, 0.1) is 0 Å². The number of carbonyl (C=O) groups is 1. The fourth-order valence-electron chi connectivity index (χ4n) is 3.08. The van der Waals surface area contributed by atoms with Crippen LogP contribution in [0.2, 0.25) is 0 Å². The van der Waals surface area contributed by atoms with Crippen LogP contribution < -0.4 is 0 Å². The number of aliphatic carboxylic acids is 1. The van der Waals surface area contributed by atoms with Gasteiger partial charge in [0, 0.05) is 12.8 Å². The van der Waals surface area contributed by atoms with Crippen LogP contribution in [-0.2, 0) is 14.9 Å². The van der Waals surface area contributed by atoms with Crippen LogP contribution in [0.5, 0.6) is 0 Å². The summed E-state index contributed by atoms with van der Waals surface area (Å²) in [5, 5.41) is 27.3. The normalized spacial score (nSPS) is 13.7. The second-order valence-corrected chi connectivity index (χ2v) is 8.70. The van der Waals surface area contributed by atoms with Crippen LogP contribution in [0, 0.1) is 0 Å². The van der Waals surface area contributed by atoms with Gasteiger partial charge in [0.25, 0.3) is 10.1 Å². The molecular weight excluding hydrogens is 360 g/mol. The number of hydrogen-bond donors (Lipinski definition) is 4. The molecule has 1 unspecified atom stereocenters. The Balaban J connectivity index is 4.26. The summed E-state index contributed by atoms with van der Waals surface area (Å²) in [6.45, 7) is 2.11. The Kier molecular flexibility index (Phi) is 13.1. The molecule has 156 valence electrons. The summed E-state index contributed by atoms with van der Waals surface area (Å²) < 4.78 is 32.5. The van der Waals surface area contributed by atoms with Crippen molar-refractivity contribution in [3.63, 3.8) is 0 Å². The van der Waals surface area contributed by atoms with Crippen LogP contribution >= 0.6 is 0 Å². The van der Waals surface area contributed by atoms with Crippen molar-refractivity contribution in [2.24, 2.45) is 0 Å². The molecule has 4 N–H and O–H groups in total. The molecule has 8 heteroatoms. The van der Waals surface area contributed by atoms with Gasteiger partial charge in [-0.3, -0.25) is 9.35 Å². The lowest BCUT2D eigenvalue weighted by Gasteiger charge is -2.29. The Labute approximate surface area is 157 Å². The lowest BCUT2D eigenvalue weighted by Crippen LogP contribution is -2.46. The van der Waals surface area contributed by atoms with E-state index in [0.29, 0.717) is 25.7 Å². The molecule has 26 heavy (non-hydrogen) atoms. The highest BCUT2D eigenvalue weighted by molar-refractivity contribution is 7.86. The van der Waals surface area contributed by atoms with Crippen molar-refractivity contribution in [2.45, 2.75) is 108 Å². The summed E-state index contributed by atoms with van der Waals surface area (Å²) in [6, 6.07) is 0. The van der Waals surface area contributed by atoms with Crippen LogP contribution in [-0.4, -0.2) is 45.3 Å². The van der Waals surface area contributed by atoms with E-state index >= 15 is 0 Å². The fourth-order valence-corrected chi connectivity index (χ4v) is 4.14. The van der Waals surface area contributed by atoms with Crippen molar-refractivity contribution in [1.82, 2.24) is 0 Å². The first-order valence-corrected chi connectivity index (χ1v) is 11.2. The Bertz CT molecular complexity index is 474. The van der Waals surface area contributed by atoms with Crippen molar-refractivity contribution in [3.05, 3.63) is 0 Å². The van der Waals surface area contributed by atoms with Gasteiger partial charge in [-0.2, -0.15) is 8.42 Å². The Morgan fingerprint density at radius 1 is 0.885 bits per heavy atom. The van der Waals surface area contributed by atoms with E-state index in [-0.39, 0.29) is 19.3 Å². The average molecular weight is 397 g/mol. The van der Waals surface area contributed by atoms with Crippen LogP contribution in [0.1, 0.15) is 96.8 Å². The zero-order valence-corrected chi connectivity index (χ0v) is 16.7. The minimum absolute atomic E-state index is 0.0272. The van der Waals surface area contributed by atoms with Crippen molar-refractivity contribution in [2.75, 3.05) is 0 Å². The van der Waals surface area contributed by atoms with Gasteiger partial charge in [-0.15, -0.1) is 0 Å². The van der Waals surface area contributed by atoms with E-state index in [1.54, 1.807) is 0 Å². The van der Waals surface area contributed by atoms with Crippen molar-refractivity contribution in [3.8, 4) is 0 Å². The predicted octanol–water partition coefficient (Wildman–Crippen LogP) is 3.49. The summed E-state index contributed by atoms with van der Waals surface area (Å²) >= 11 is 0.